The molecular weight excluding hydrogens is 166 g/mol. The van der Waals surface area contributed by atoms with Gasteiger partial charge in [0.15, 0.2) is 0 Å². The van der Waals surface area contributed by atoms with Gasteiger partial charge in [0.1, 0.15) is 0 Å². The van der Waals surface area contributed by atoms with Crippen molar-refractivity contribution in [1.29, 1.82) is 0 Å². The van der Waals surface area contributed by atoms with E-state index in [0.717, 1.165) is 23.7 Å². The van der Waals surface area contributed by atoms with E-state index in [-0.39, 0.29) is 0 Å². The Kier molecular flexibility index (Phi) is 1.89. The third-order valence-corrected chi connectivity index (χ3v) is 4.94. The van der Waals surface area contributed by atoms with Crippen LogP contribution in [0.4, 0.5) is 0 Å². The van der Waals surface area contributed by atoms with E-state index in [1.165, 1.54) is 32.1 Å². The topological polar surface area (TPSA) is 0 Å². The molecule has 4 radical (unpaired) electrons. The van der Waals surface area contributed by atoms with Gasteiger partial charge in [0.2, 0.25) is 0 Å². The lowest BCUT2D eigenvalue weighted by Crippen LogP contribution is -2.49. The Labute approximate surface area is 90.0 Å². The molecule has 14 heavy (non-hydrogen) atoms. The Bertz CT molecular complexity index is 213. The van der Waals surface area contributed by atoms with Crippen LogP contribution >= 0.6 is 0 Å². The second kappa shape index (κ2) is 2.83. The molecule has 0 atom stereocenters. The van der Waals surface area contributed by atoms with E-state index in [4.69, 9.17) is 15.7 Å². The molecule has 0 heterocycles. The Hall–Kier alpha value is 0.130. The zero-order valence-corrected chi connectivity index (χ0v) is 9.08. The molecule has 0 aromatic rings. The monoisotopic (exact) mass is 184 g/mol. The maximum atomic E-state index is 6.14. The first kappa shape index (κ1) is 9.36. The van der Waals surface area contributed by atoms with Gasteiger partial charge < -0.3 is 0 Å². The molecule has 0 amide bonds. The van der Waals surface area contributed by atoms with Crippen LogP contribution in [0.25, 0.3) is 0 Å². The highest BCUT2D eigenvalue weighted by Crippen LogP contribution is 2.61. The van der Waals surface area contributed by atoms with E-state index in [1.54, 1.807) is 0 Å². The second-order valence-electron chi connectivity index (χ2n) is 6.32. The second-order valence-corrected chi connectivity index (χ2v) is 6.32. The highest BCUT2D eigenvalue weighted by atomic mass is 14.5. The minimum absolute atomic E-state index is 0.428. The van der Waals surface area contributed by atoms with Gasteiger partial charge in [0.25, 0.3) is 0 Å². The summed E-state index contributed by atoms with van der Waals surface area (Å²) >= 11 is 0. The van der Waals surface area contributed by atoms with Gasteiger partial charge in [-0.1, -0.05) is 12.1 Å². The molecule has 4 aliphatic carbocycles. The minimum Gasteiger partial charge on any atom is -0.0985 e. The fourth-order valence-electron chi connectivity index (χ4n) is 4.94. The average molecular weight is 184 g/mol. The van der Waals surface area contributed by atoms with Gasteiger partial charge in [0.05, 0.1) is 15.7 Å². The summed E-state index contributed by atoms with van der Waals surface area (Å²) in [5.41, 5.74) is 0. The van der Waals surface area contributed by atoms with Crippen LogP contribution in [0, 0.1) is 29.6 Å². The summed E-state index contributed by atoms with van der Waals surface area (Å²) in [7, 11) is 12.3. The van der Waals surface area contributed by atoms with Crippen molar-refractivity contribution in [2.24, 2.45) is 29.6 Å². The van der Waals surface area contributed by atoms with Gasteiger partial charge in [-0.3, -0.25) is 0 Å². The van der Waals surface area contributed by atoms with Crippen LogP contribution < -0.4 is 0 Å². The van der Waals surface area contributed by atoms with Crippen LogP contribution in [0.1, 0.15) is 39.0 Å². The van der Waals surface area contributed by atoms with Crippen molar-refractivity contribution in [3.63, 3.8) is 0 Å². The third kappa shape index (κ3) is 1.29. The molecule has 72 valence electrons. The first-order valence-corrected chi connectivity index (χ1v) is 6.12. The van der Waals surface area contributed by atoms with E-state index in [1.807, 2.05) is 6.92 Å². The summed E-state index contributed by atoms with van der Waals surface area (Å²) in [6.07, 6.45) is 7.18. The molecule has 0 spiro atoms. The highest BCUT2D eigenvalue weighted by Gasteiger charge is 2.50. The summed E-state index contributed by atoms with van der Waals surface area (Å²) in [6, 6.07) is 0. The zero-order valence-electron chi connectivity index (χ0n) is 9.08. The quantitative estimate of drug-likeness (QED) is 0.549. The van der Waals surface area contributed by atoms with Gasteiger partial charge in [0, 0.05) is 0 Å². The molecule has 0 nitrogen and oxygen atoms in total. The molecule has 0 unspecified atom stereocenters. The maximum Gasteiger partial charge on any atom is 0.0620 e. The largest absolute Gasteiger partial charge is 0.0985 e. The fraction of sp³-hybridized carbons (Fsp3) is 1.00. The summed E-state index contributed by atoms with van der Waals surface area (Å²) in [5, 5.41) is -0.428. The minimum atomic E-state index is -0.428. The normalized spacial score (nSPS) is 51.1. The average Bonchev–Trinajstić information content (AvgIpc) is 1.97. The lowest BCUT2D eigenvalue weighted by Gasteiger charge is -2.58. The van der Waals surface area contributed by atoms with Gasteiger partial charge >= 0.3 is 0 Å². The van der Waals surface area contributed by atoms with Crippen LogP contribution in [0.15, 0.2) is 0 Å². The smallest absolute Gasteiger partial charge is 0.0620 e. The molecular formula is C12H18B2. The fourth-order valence-corrected chi connectivity index (χ4v) is 4.94. The maximum absolute atomic E-state index is 6.14. The lowest BCUT2D eigenvalue weighted by molar-refractivity contribution is -0.0424. The van der Waals surface area contributed by atoms with Crippen molar-refractivity contribution in [1.82, 2.24) is 0 Å². The van der Waals surface area contributed by atoms with Crippen molar-refractivity contribution in [3.05, 3.63) is 0 Å². The summed E-state index contributed by atoms with van der Waals surface area (Å²) in [4.78, 5) is 0. The van der Waals surface area contributed by atoms with E-state index in [2.05, 4.69) is 0 Å². The zero-order chi connectivity index (χ0) is 9.92. The highest BCUT2D eigenvalue weighted by molar-refractivity contribution is 6.39. The molecule has 4 saturated carbocycles. The first-order chi connectivity index (χ1) is 6.54. The number of hydrogen-bond acceptors (Lipinski definition) is 0. The SMILES string of the molecule is [B]C([B])(C)C1C2CC3CC(C2)CC1C3. The molecule has 4 rings (SSSR count). The molecule has 0 saturated heterocycles. The molecule has 0 aliphatic heterocycles. The van der Waals surface area contributed by atoms with Crippen LogP contribution in [0.2, 0.25) is 5.21 Å². The first-order valence-electron chi connectivity index (χ1n) is 6.12. The number of rotatable bonds is 1. The van der Waals surface area contributed by atoms with Crippen molar-refractivity contribution in [2.75, 3.05) is 0 Å². The van der Waals surface area contributed by atoms with Gasteiger partial charge in [-0.05, 0) is 61.7 Å². The van der Waals surface area contributed by atoms with Crippen molar-refractivity contribution >= 4 is 15.7 Å². The Morgan fingerprint density at radius 2 is 1.29 bits per heavy atom. The molecule has 0 N–H and O–H groups in total. The van der Waals surface area contributed by atoms with Gasteiger partial charge in [-0.2, -0.15) is 0 Å². The molecule has 4 fully saturated rings. The predicted octanol–water partition coefficient (Wildman–Crippen LogP) is 2.53. The van der Waals surface area contributed by atoms with Gasteiger partial charge in [-0.15, -0.1) is 0 Å². The van der Waals surface area contributed by atoms with E-state index < -0.39 is 5.21 Å². The predicted molar refractivity (Wildman–Crippen MR) is 60.4 cm³/mol. The van der Waals surface area contributed by atoms with Gasteiger partial charge in [-0.25, -0.2) is 0 Å². The van der Waals surface area contributed by atoms with E-state index >= 15 is 0 Å². The van der Waals surface area contributed by atoms with Crippen LogP contribution in [-0.4, -0.2) is 15.7 Å². The Morgan fingerprint density at radius 1 is 0.857 bits per heavy atom. The van der Waals surface area contributed by atoms with Crippen molar-refractivity contribution < 1.29 is 0 Å². The van der Waals surface area contributed by atoms with Crippen LogP contribution in [0.3, 0.4) is 0 Å². The van der Waals surface area contributed by atoms with E-state index in [0.29, 0.717) is 5.92 Å². The van der Waals surface area contributed by atoms with Crippen molar-refractivity contribution in [3.8, 4) is 0 Å². The van der Waals surface area contributed by atoms with Crippen LogP contribution in [-0.2, 0) is 0 Å². The Morgan fingerprint density at radius 3 is 1.64 bits per heavy atom. The molecule has 4 bridgehead atoms. The molecule has 0 aromatic carbocycles. The summed E-state index contributed by atoms with van der Waals surface area (Å²) in [5.74, 6) is 4.36. The molecule has 4 aliphatic rings. The van der Waals surface area contributed by atoms with E-state index in [9.17, 15) is 0 Å². The summed E-state index contributed by atoms with van der Waals surface area (Å²) < 4.78 is 0. The lowest BCUT2D eigenvalue weighted by atomic mass is 9.38. The Balaban J connectivity index is 1.88. The summed E-state index contributed by atoms with van der Waals surface area (Å²) in [6.45, 7) is 2.03. The van der Waals surface area contributed by atoms with Crippen molar-refractivity contribution in [2.45, 2.75) is 44.2 Å². The van der Waals surface area contributed by atoms with Crippen LogP contribution in [0.5, 0.6) is 0 Å². The standard InChI is InChI=1S/C12H18B2/c1-12(13,14)11-9-3-7-2-8(5-9)6-10(11)4-7/h7-11H,2-6H2,1H3. The third-order valence-electron chi connectivity index (χ3n) is 4.94. The molecule has 2 heteroatoms. The number of hydrogen-bond donors (Lipinski definition) is 0. The molecule has 0 aromatic heterocycles.